The summed E-state index contributed by atoms with van der Waals surface area (Å²) in [6, 6.07) is 0.984. The summed E-state index contributed by atoms with van der Waals surface area (Å²) in [6.07, 6.45) is 5.29. The molecule has 1 amide bonds. The second-order valence-corrected chi connectivity index (χ2v) is 6.64. The van der Waals surface area contributed by atoms with Gasteiger partial charge in [-0.1, -0.05) is 13.8 Å². The molecule has 4 nitrogen and oxygen atoms in total. The topological polar surface area (TPSA) is 58.4 Å². The van der Waals surface area contributed by atoms with Crippen molar-refractivity contribution in [3.63, 3.8) is 0 Å². The van der Waals surface area contributed by atoms with Crippen LogP contribution in [0.15, 0.2) is 0 Å². The van der Waals surface area contributed by atoms with Crippen LogP contribution < -0.4 is 11.1 Å². The molecule has 0 aromatic carbocycles. The Balaban J connectivity index is 1.77. The predicted octanol–water partition coefficient (Wildman–Crippen LogP) is 1.35. The molecular weight excluding hydrogens is 238 g/mol. The van der Waals surface area contributed by atoms with Gasteiger partial charge in [-0.25, -0.2) is 0 Å². The quantitative estimate of drug-likeness (QED) is 0.764. The van der Waals surface area contributed by atoms with E-state index in [9.17, 15) is 4.79 Å². The maximum absolute atomic E-state index is 12.2. The lowest BCUT2D eigenvalue weighted by Gasteiger charge is -2.23. The smallest absolute Gasteiger partial charge is 0.220 e. The molecule has 0 radical (unpaired) electrons. The third kappa shape index (κ3) is 3.93. The molecule has 0 aromatic heterocycles. The van der Waals surface area contributed by atoms with Crippen LogP contribution in [0.1, 0.15) is 46.0 Å². The Labute approximate surface area is 117 Å². The molecule has 110 valence electrons. The van der Waals surface area contributed by atoms with Gasteiger partial charge in [0.15, 0.2) is 0 Å². The van der Waals surface area contributed by atoms with Crippen LogP contribution in [-0.2, 0) is 4.79 Å². The molecule has 0 spiro atoms. The molecule has 4 heteroatoms. The minimum Gasteiger partial charge on any atom is -0.352 e. The number of amides is 1. The zero-order valence-electron chi connectivity index (χ0n) is 12.4. The first-order valence-electron chi connectivity index (χ1n) is 7.83. The molecule has 2 saturated heterocycles. The van der Waals surface area contributed by atoms with E-state index in [1.54, 1.807) is 0 Å². The SMILES string of the molecule is CC(C)CC(CN)CC(=O)NC1CCN2CCCC12. The van der Waals surface area contributed by atoms with E-state index in [4.69, 9.17) is 5.73 Å². The summed E-state index contributed by atoms with van der Waals surface area (Å²) in [7, 11) is 0. The average Bonchev–Trinajstić information content (AvgIpc) is 2.92. The number of carbonyl (C=O) groups is 1. The van der Waals surface area contributed by atoms with Gasteiger partial charge in [-0.05, 0) is 50.6 Å². The summed E-state index contributed by atoms with van der Waals surface area (Å²) < 4.78 is 0. The number of carbonyl (C=O) groups excluding carboxylic acids is 1. The fraction of sp³-hybridized carbons (Fsp3) is 0.933. The molecule has 3 atom stereocenters. The number of nitrogens with one attached hydrogen (secondary N) is 1. The first-order chi connectivity index (χ1) is 9.10. The van der Waals surface area contributed by atoms with Crippen LogP contribution >= 0.6 is 0 Å². The van der Waals surface area contributed by atoms with E-state index in [2.05, 4.69) is 24.1 Å². The van der Waals surface area contributed by atoms with Gasteiger partial charge in [-0.3, -0.25) is 9.69 Å². The lowest BCUT2D eigenvalue weighted by molar-refractivity contribution is -0.122. The summed E-state index contributed by atoms with van der Waals surface area (Å²) in [6.45, 7) is 7.37. The van der Waals surface area contributed by atoms with Gasteiger partial charge in [-0.2, -0.15) is 0 Å². The highest BCUT2D eigenvalue weighted by atomic mass is 16.1. The Morgan fingerprint density at radius 3 is 2.84 bits per heavy atom. The Hall–Kier alpha value is -0.610. The molecule has 0 aromatic rings. The van der Waals surface area contributed by atoms with E-state index in [1.807, 2.05) is 0 Å². The zero-order valence-corrected chi connectivity index (χ0v) is 12.4. The summed E-state index contributed by atoms with van der Waals surface area (Å²) in [4.78, 5) is 14.7. The Bertz CT molecular complexity index is 306. The molecule has 2 heterocycles. The van der Waals surface area contributed by atoms with Gasteiger partial charge >= 0.3 is 0 Å². The van der Waals surface area contributed by atoms with Gasteiger partial charge in [0, 0.05) is 25.0 Å². The minimum absolute atomic E-state index is 0.204. The van der Waals surface area contributed by atoms with Crippen molar-refractivity contribution >= 4 is 5.91 Å². The number of hydrogen-bond acceptors (Lipinski definition) is 3. The number of fused-ring (bicyclic) bond motifs is 1. The van der Waals surface area contributed by atoms with E-state index >= 15 is 0 Å². The molecule has 0 saturated carbocycles. The second kappa shape index (κ2) is 6.71. The molecule has 3 N–H and O–H groups in total. The van der Waals surface area contributed by atoms with Crippen LogP contribution in [0.3, 0.4) is 0 Å². The molecule has 3 unspecified atom stereocenters. The van der Waals surface area contributed by atoms with E-state index in [-0.39, 0.29) is 5.91 Å². The van der Waals surface area contributed by atoms with Gasteiger partial charge in [0.2, 0.25) is 5.91 Å². The maximum Gasteiger partial charge on any atom is 0.220 e. The average molecular weight is 267 g/mol. The maximum atomic E-state index is 12.2. The lowest BCUT2D eigenvalue weighted by atomic mass is 9.93. The van der Waals surface area contributed by atoms with Crippen molar-refractivity contribution in [2.45, 2.75) is 58.0 Å². The van der Waals surface area contributed by atoms with Crippen molar-refractivity contribution in [2.24, 2.45) is 17.6 Å². The van der Waals surface area contributed by atoms with Crippen molar-refractivity contribution in [2.75, 3.05) is 19.6 Å². The van der Waals surface area contributed by atoms with Gasteiger partial charge in [0.25, 0.3) is 0 Å². The number of hydrogen-bond donors (Lipinski definition) is 2. The van der Waals surface area contributed by atoms with Crippen molar-refractivity contribution < 1.29 is 4.79 Å². The molecule has 0 bridgehead atoms. The van der Waals surface area contributed by atoms with Crippen molar-refractivity contribution in [1.29, 1.82) is 0 Å². The molecule has 2 aliphatic rings. The molecule has 2 fully saturated rings. The number of nitrogens with two attached hydrogens (primary N) is 1. The summed E-state index contributed by atoms with van der Waals surface area (Å²) in [5.74, 6) is 1.15. The van der Waals surface area contributed by atoms with Gasteiger partial charge < -0.3 is 11.1 Å². The third-order valence-electron chi connectivity index (χ3n) is 4.56. The zero-order chi connectivity index (χ0) is 13.8. The van der Waals surface area contributed by atoms with Crippen molar-refractivity contribution in [3.8, 4) is 0 Å². The van der Waals surface area contributed by atoms with E-state index in [0.29, 0.717) is 36.9 Å². The highest BCUT2D eigenvalue weighted by Crippen LogP contribution is 2.28. The first kappa shape index (κ1) is 14.8. The van der Waals surface area contributed by atoms with Gasteiger partial charge in [0.1, 0.15) is 0 Å². The summed E-state index contributed by atoms with van der Waals surface area (Å²) >= 11 is 0. The highest BCUT2D eigenvalue weighted by Gasteiger charge is 2.37. The van der Waals surface area contributed by atoms with Crippen LogP contribution in [0.2, 0.25) is 0 Å². The number of nitrogens with zero attached hydrogens (tertiary/aromatic N) is 1. The summed E-state index contributed by atoms with van der Waals surface area (Å²) in [5, 5.41) is 3.25. The molecular formula is C15H29N3O. The van der Waals surface area contributed by atoms with Crippen molar-refractivity contribution in [1.82, 2.24) is 10.2 Å². The van der Waals surface area contributed by atoms with E-state index in [1.165, 1.54) is 19.4 Å². The monoisotopic (exact) mass is 267 g/mol. The van der Waals surface area contributed by atoms with Crippen LogP contribution in [0.5, 0.6) is 0 Å². The van der Waals surface area contributed by atoms with Crippen molar-refractivity contribution in [3.05, 3.63) is 0 Å². The summed E-state index contributed by atoms with van der Waals surface area (Å²) in [5.41, 5.74) is 5.77. The standard InChI is InChI=1S/C15H29N3O/c1-11(2)8-12(10-16)9-15(19)17-13-5-7-18-6-3-4-14(13)18/h11-14H,3-10,16H2,1-2H3,(H,17,19). The van der Waals surface area contributed by atoms with Crippen LogP contribution in [0.4, 0.5) is 0 Å². The van der Waals surface area contributed by atoms with Crippen LogP contribution in [-0.4, -0.2) is 42.5 Å². The molecule has 2 rings (SSSR count). The van der Waals surface area contributed by atoms with E-state index in [0.717, 1.165) is 19.4 Å². The first-order valence-corrected chi connectivity index (χ1v) is 7.83. The molecule has 2 aliphatic heterocycles. The lowest BCUT2D eigenvalue weighted by Crippen LogP contribution is -2.43. The highest BCUT2D eigenvalue weighted by molar-refractivity contribution is 5.76. The third-order valence-corrected chi connectivity index (χ3v) is 4.56. The Kier molecular flexibility index (Phi) is 5.22. The fourth-order valence-corrected chi connectivity index (χ4v) is 3.71. The molecule has 19 heavy (non-hydrogen) atoms. The molecule has 0 aliphatic carbocycles. The minimum atomic E-state index is 0.204. The van der Waals surface area contributed by atoms with Gasteiger partial charge in [-0.15, -0.1) is 0 Å². The van der Waals surface area contributed by atoms with Gasteiger partial charge in [0.05, 0.1) is 0 Å². The second-order valence-electron chi connectivity index (χ2n) is 6.64. The number of rotatable bonds is 6. The normalized spacial score (nSPS) is 28.6. The Morgan fingerprint density at radius 1 is 1.37 bits per heavy atom. The predicted molar refractivity (Wildman–Crippen MR) is 77.8 cm³/mol. The largest absolute Gasteiger partial charge is 0.352 e. The van der Waals surface area contributed by atoms with Crippen LogP contribution in [0, 0.1) is 11.8 Å². The fourth-order valence-electron chi connectivity index (χ4n) is 3.71. The Morgan fingerprint density at radius 2 is 2.16 bits per heavy atom. The van der Waals surface area contributed by atoms with Crippen LogP contribution in [0.25, 0.3) is 0 Å². The van der Waals surface area contributed by atoms with E-state index < -0.39 is 0 Å².